The molecule has 0 radical (unpaired) electrons. The second kappa shape index (κ2) is 5.98. The van der Waals surface area contributed by atoms with Crippen molar-refractivity contribution in [3.05, 3.63) is 71.0 Å². The van der Waals surface area contributed by atoms with Gasteiger partial charge in [0.2, 0.25) is 0 Å². The fraction of sp³-hybridized carbons (Fsp3) is 0.125. The fourth-order valence-electron chi connectivity index (χ4n) is 1.84. The van der Waals surface area contributed by atoms with Crippen LogP contribution in [-0.4, -0.2) is 5.91 Å². The van der Waals surface area contributed by atoms with Crippen LogP contribution in [0.1, 0.15) is 34.5 Å². The fourth-order valence-corrected chi connectivity index (χ4v) is 1.84. The van der Waals surface area contributed by atoms with Crippen molar-refractivity contribution >= 4 is 5.91 Å². The molecule has 0 saturated heterocycles. The molecule has 100 valence electrons. The quantitative estimate of drug-likeness (QED) is 0.929. The van der Waals surface area contributed by atoms with Crippen LogP contribution in [0.3, 0.4) is 0 Å². The van der Waals surface area contributed by atoms with Crippen LogP contribution in [0.15, 0.2) is 48.5 Å². The van der Waals surface area contributed by atoms with E-state index >= 15 is 0 Å². The number of halogens is 1. The van der Waals surface area contributed by atoms with E-state index in [-0.39, 0.29) is 17.8 Å². The van der Waals surface area contributed by atoms with E-state index < -0.39 is 0 Å². The zero-order valence-corrected chi connectivity index (χ0v) is 10.9. The molecule has 1 atom stereocenters. The van der Waals surface area contributed by atoms with Gasteiger partial charge in [-0.2, -0.15) is 5.26 Å². The highest BCUT2D eigenvalue weighted by molar-refractivity contribution is 5.94. The van der Waals surface area contributed by atoms with Crippen LogP contribution in [0.2, 0.25) is 0 Å². The Balaban J connectivity index is 2.09. The van der Waals surface area contributed by atoms with Crippen LogP contribution < -0.4 is 5.32 Å². The highest BCUT2D eigenvalue weighted by Gasteiger charge is 2.11. The molecule has 0 saturated carbocycles. The van der Waals surface area contributed by atoms with Crippen LogP contribution >= 0.6 is 0 Å². The summed E-state index contributed by atoms with van der Waals surface area (Å²) in [4.78, 5) is 12.0. The van der Waals surface area contributed by atoms with Crippen molar-refractivity contribution in [2.75, 3.05) is 0 Å². The van der Waals surface area contributed by atoms with Crippen molar-refractivity contribution in [2.24, 2.45) is 0 Å². The molecule has 0 aliphatic carbocycles. The molecular weight excluding hydrogens is 255 g/mol. The van der Waals surface area contributed by atoms with E-state index in [1.807, 2.05) is 6.07 Å². The summed E-state index contributed by atoms with van der Waals surface area (Å²) in [7, 11) is 0. The summed E-state index contributed by atoms with van der Waals surface area (Å²) in [5, 5.41) is 11.5. The van der Waals surface area contributed by atoms with Gasteiger partial charge in [-0.25, -0.2) is 4.39 Å². The van der Waals surface area contributed by atoms with Gasteiger partial charge in [-0.1, -0.05) is 12.1 Å². The molecule has 4 heteroatoms. The lowest BCUT2D eigenvalue weighted by atomic mass is 10.1. The monoisotopic (exact) mass is 268 g/mol. The number of rotatable bonds is 3. The van der Waals surface area contributed by atoms with Crippen molar-refractivity contribution in [1.29, 1.82) is 5.26 Å². The van der Waals surface area contributed by atoms with E-state index in [0.29, 0.717) is 16.7 Å². The molecule has 2 aromatic carbocycles. The first kappa shape index (κ1) is 13.8. The number of nitrogens with zero attached hydrogens (tertiary/aromatic N) is 1. The topological polar surface area (TPSA) is 52.9 Å². The van der Waals surface area contributed by atoms with Gasteiger partial charge in [0.15, 0.2) is 0 Å². The molecule has 1 N–H and O–H groups in total. The summed E-state index contributed by atoms with van der Waals surface area (Å²) in [5.41, 5.74) is 1.67. The Morgan fingerprint density at radius 2 is 1.95 bits per heavy atom. The first-order valence-corrected chi connectivity index (χ1v) is 6.16. The minimum absolute atomic E-state index is 0.258. The first-order valence-electron chi connectivity index (χ1n) is 6.16. The lowest BCUT2D eigenvalue weighted by molar-refractivity contribution is 0.0940. The number of benzene rings is 2. The highest BCUT2D eigenvalue weighted by Crippen LogP contribution is 2.14. The van der Waals surface area contributed by atoms with Gasteiger partial charge >= 0.3 is 0 Å². The van der Waals surface area contributed by atoms with Crippen LogP contribution in [0.5, 0.6) is 0 Å². The first-order chi connectivity index (χ1) is 9.60. The number of hydrogen-bond donors (Lipinski definition) is 1. The SMILES string of the molecule is CC(NC(=O)c1ccc(C#N)cc1)c1cccc(F)c1. The van der Waals surface area contributed by atoms with Crippen LogP contribution in [0.4, 0.5) is 4.39 Å². The Morgan fingerprint density at radius 3 is 2.55 bits per heavy atom. The highest BCUT2D eigenvalue weighted by atomic mass is 19.1. The van der Waals surface area contributed by atoms with Crippen LogP contribution in [-0.2, 0) is 0 Å². The average Bonchev–Trinajstić information content (AvgIpc) is 2.47. The van der Waals surface area contributed by atoms with Gasteiger partial charge in [-0.15, -0.1) is 0 Å². The van der Waals surface area contributed by atoms with Crippen molar-refractivity contribution in [3.63, 3.8) is 0 Å². The normalized spacial score (nSPS) is 11.4. The standard InChI is InChI=1S/C16H13FN2O/c1-11(14-3-2-4-15(17)9-14)19-16(20)13-7-5-12(10-18)6-8-13/h2-9,11H,1H3,(H,19,20). The van der Waals surface area contributed by atoms with Gasteiger partial charge in [-0.3, -0.25) is 4.79 Å². The van der Waals surface area contributed by atoms with Gasteiger partial charge in [-0.05, 0) is 48.9 Å². The number of hydrogen-bond acceptors (Lipinski definition) is 2. The van der Waals surface area contributed by atoms with E-state index in [2.05, 4.69) is 5.32 Å². The van der Waals surface area contributed by atoms with E-state index in [1.165, 1.54) is 12.1 Å². The summed E-state index contributed by atoms with van der Waals surface area (Å²) in [6, 6.07) is 14.2. The predicted molar refractivity (Wildman–Crippen MR) is 73.4 cm³/mol. The van der Waals surface area contributed by atoms with Crippen molar-refractivity contribution in [2.45, 2.75) is 13.0 Å². The zero-order chi connectivity index (χ0) is 14.5. The molecule has 1 unspecified atom stereocenters. The summed E-state index contributed by atoms with van der Waals surface area (Å²) < 4.78 is 13.1. The summed E-state index contributed by atoms with van der Waals surface area (Å²) >= 11 is 0. The summed E-state index contributed by atoms with van der Waals surface area (Å²) in [6.45, 7) is 1.79. The smallest absolute Gasteiger partial charge is 0.251 e. The molecule has 2 aromatic rings. The Kier molecular flexibility index (Phi) is 4.11. The Morgan fingerprint density at radius 1 is 1.25 bits per heavy atom. The zero-order valence-electron chi connectivity index (χ0n) is 10.9. The average molecular weight is 268 g/mol. The van der Waals surface area contributed by atoms with Gasteiger partial charge in [0.05, 0.1) is 17.7 Å². The molecule has 20 heavy (non-hydrogen) atoms. The third-order valence-corrected chi connectivity index (χ3v) is 2.97. The molecule has 0 heterocycles. The van der Waals surface area contributed by atoms with Gasteiger partial charge in [0, 0.05) is 5.56 Å². The Hall–Kier alpha value is -2.67. The minimum Gasteiger partial charge on any atom is -0.346 e. The molecule has 0 bridgehead atoms. The molecule has 2 rings (SSSR count). The molecule has 0 spiro atoms. The number of amides is 1. The maximum atomic E-state index is 13.1. The number of nitrogens with one attached hydrogen (secondary N) is 1. The van der Waals surface area contributed by atoms with E-state index in [9.17, 15) is 9.18 Å². The van der Waals surface area contributed by atoms with Crippen LogP contribution in [0, 0.1) is 17.1 Å². The maximum Gasteiger partial charge on any atom is 0.251 e. The molecule has 0 aliphatic rings. The van der Waals surface area contributed by atoms with Gasteiger partial charge < -0.3 is 5.32 Å². The van der Waals surface area contributed by atoms with Crippen molar-refractivity contribution in [1.82, 2.24) is 5.32 Å². The van der Waals surface area contributed by atoms with E-state index in [1.54, 1.807) is 43.3 Å². The minimum atomic E-state index is -0.332. The molecular formula is C16H13FN2O. The van der Waals surface area contributed by atoms with Gasteiger partial charge in [0.25, 0.3) is 5.91 Å². The second-order valence-electron chi connectivity index (χ2n) is 4.44. The molecule has 3 nitrogen and oxygen atoms in total. The van der Waals surface area contributed by atoms with Crippen LogP contribution in [0.25, 0.3) is 0 Å². The Bertz CT molecular complexity index is 659. The number of carbonyl (C=O) groups is 1. The van der Waals surface area contributed by atoms with E-state index in [4.69, 9.17) is 5.26 Å². The maximum absolute atomic E-state index is 13.1. The number of carbonyl (C=O) groups excluding carboxylic acids is 1. The molecule has 0 aromatic heterocycles. The van der Waals surface area contributed by atoms with Crippen molar-refractivity contribution < 1.29 is 9.18 Å². The van der Waals surface area contributed by atoms with Crippen molar-refractivity contribution in [3.8, 4) is 6.07 Å². The molecule has 1 amide bonds. The summed E-state index contributed by atoms with van der Waals surface area (Å²) in [6.07, 6.45) is 0. The predicted octanol–water partition coefficient (Wildman–Crippen LogP) is 3.19. The lowest BCUT2D eigenvalue weighted by Crippen LogP contribution is -2.26. The third kappa shape index (κ3) is 3.21. The van der Waals surface area contributed by atoms with E-state index in [0.717, 1.165) is 0 Å². The lowest BCUT2D eigenvalue weighted by Gasteiger charge is -2.14. The molecule has 0 fully saturated rings. The molecule has 0 aliphatic heterocycles. The number of nitriles is 1. The second-order valence-corrected chi connectivity index (χ2v) is 4.44. The van der Waals surface area contributed by atoms with Gasteiger partial charge in [0.1, 0.15) is 5.82 Å². The summed E-state index contributed by atoms with van der Waals surface area (Å²) in [5.74, 6) is -0.590. The Labute approximate surface area is 116 Å². The third-order valence-electron chi connectivity index (χ3n) is 2.97. The largest absolute Gasteiger partial charge is 0.346 e.